The summed E-state index contributed by atoms with van der Waals surface area (Å²) in [5.74, 6) is -0.653. The molecule has 134 valence electrons. The van der Waals surface area contributed by atoms with Crippen molar-refractivity contribution in [2.75, 3.05) is 31.1 Å². The van der Waals surface area contributed by atoms with E-state index in [2.05, 4.69) is 28.0 Å². The van der Waals surface area contributed by atoms with E-state index < -0.39 is 5.82 Å². The maximum absolute atomic E-state index is 14.1. The Kier molecular flexibility index (Phi) is 5.48. The summed E-state index contributed by atoms with van der Waals surface area (Å²) in [5, 5.41) is 4.33. The lowest BCUT2D eigenvalue weighted by atomic mass is 10.1. The molecule has 2 aromatic rings. The molecule has 0 atom stereocenters. The van der Waals surface area contributed by atoms with Crippen LogP contribution in [0.25, 0.3) is 0 Å². The fourth-order valence-corrected chi connectivity index (χ4v) is 3.41. The summed E-state index contributed by atoms with van der Waals surface area (Å²) in [4.78, 5) is 16.4. The SMILES string of the molecule is CCn1cc(CN2CCCN(c3cccc(F)c3C(C)=O)CC2)cn1. The fourth-order valence-electron chi connectivity index (χ4n) is 3.41. The highest BCUT2D eigenvalue weighted by Crippen LogP contribution is 2.25. The van der Waals surface area contributed by atoms with E-state index in [4.69, 9.17) is 0 Å². The Labute approximate surface area is 148 Å². The number of hydrogen-bond acceptors (Lipinski definition) is 4. The Hall–Kier alpha value is -2.21. The first-order chi connectivity index (χ1) is 12.1. The van der Waals surface area contributed by atoms with E-state index in [0.29, 0.717) is 5.69 Å². The molecular formula is C19H25FN4O. The third-order valence-corrected chi connectivity index (χ3v) is 4.69. The van der Waals surface area contributed by atoms with E-state index in [0.717, 1.165) is 45.7 Å². The highest BCUT2D eigenvalue weighted by atomic mass is 19.1. The molecule has 0 unspecified atom stereocenters. The summed E-state index contributed by atoms with van der Waals surface area (Å²) < 4.78 is 16.0. The molecule has 1 aliphatic rings. The molecule has 3 rings (SSSR count). The smallest absolute Gasteiger partial charge is 0.164 e. The van der Waals surface area contributed by atoms with Gasteiger partial charge in [0.15, 0.2) is 5.78 Å². The zero-order valence-electron chi connectivity index (χ0n) is 14.9. The number of aryl methyl sites for hydroxylation is 1. The number of ketones is 1. The predicted octanol–water partition coefficient (Wildman–Crippen LogP) is 2.96. The van der Waals surface area contributed by atoms with E-state index in [1.807, 2.05) is 16.9 Å². The lowest BCUT2D eigenvalue weighted by Gasteiger charge is -2.25. The van der Waals surface area contributed by atoms with Crippen molar-refractivity contribution < 1.29 is 9.18 Å². The van der Waals surface area contributed by atoms with Crippen molar-refractivity contribution in [1.29, 1.82) is 0 Å². The molecule has 0 radical (unpaired) electrons. The van der Waals surface area contributed by atoms with Crippen LogP contribution in [0.2, 0.25) is 0 Å². The molecule has 1 saturated heterocycles. The molecule has 1 aromatic heterocycles. The maximum Gasteiger partial charge on any atom is 0.164 e. The van der Waals surface area contributed by atoms with Gasteiger partial charge in [0.1, 0.15) is 5.82 Å². The second-order valence-electron chi connectivity index (χ2n) is 6.51. The number of carbonyl (C=O) groups is 1. The minimum Gasteiger partial charge on any atom is -0.370 e. The molecule has 0 spiro atoms. The quantitative estimate of drug-likeness (QED) is 0.782. The topological polar surface area (TPSA) is 41.4 Å². The first-order valence-corrected chi connectivity index (χ1v) is 8.86. The van der Waals surface area contributed by atoms with Crippen LogP contribution in [0.5, 0.6) is 0 Å². The van der Waals surface area contributed by atoms with Crippen LogP contribution in [0, 0.1) is 5.82 Å². The van der Waals surface area contributed by atoms with Crippen LogP contribution < -0.4 is 4.90 Å². The van der Waals surface area contributed by atoms with Crippen molar-refractivity contribution >= 4 is 11.5 Å². The maximum atomic E-state index is 14.1. The summed E-state index contributed by atoms with van der Waals surface area (Å²) in [7, 11) is 0. The molecule has 25 heavy (non-hydrogen) atoms. The van der Waals surface area contributed by atoms with Crippen LogP contribution in [0.1, 0.15) is 36.2 Å². The average Bonchev–Trinajstić information content (AvgIpc) is 2.91. The lowest BCUT2D eigenvalue weighted by molar-refractivity contribution is 0.101. The number of rotatable bonds is 5. The van der Waals surface area contributed by atoms with Crippen LogP contribution in [0.3, 0.4) is 0 Å². The molecule has 1 aromatic carbocycles. The summed E-state index contributed by atoms with van der Waals surface area (Å²) >= 11 is 0. The zero-order chi connectivity index (χ0) is 17.8. The fraction of sp³-hybridized carbons (Fsp3) is 0.474. The molecule has 2 heterocycles. The van der Waals surface area contributed by atoms with Crippen molar-refractivity contribution in [2.45, 2.75) is 33.4 Å². The first kappa shape index (κ1) is 17.6. The first-order valence-electron chi connectivity index (χ1n) is 8.86. The van der Waals surface area contributed by atoms with Crippen LogP contribution in [-0.4, -0.2) is 46.6 Å². The third-order valence-electron chi connectivity index (χ3n) is 4.69. The summed E-state index contributed by atoms with van der Waals surface area (Å²) in [6.45, 7) is 8.73. The van der Waals surface area contributed by atoms with Gasteiger partial charge in [-0.15, -0.1) is 0 Å². The van der Waals surface area contributed by atoms with E-state index in [1.54, 1.807) is 6.07 Å². The highest BCUT2D eigenvalue weighted by Gasteiger charge is 2.21. The Balaban J connectivity index is 1.70. The number of aromatic nitrogens is 2. The molecule has 0 aliphatic carbocycles. The molecule has 1 fully saturated rings. The van der Waals surface area contributed by atoms with Crippen molar-refractivity contribution in [3.8, 4) is 0 Å². The average molecular weight is 344 g/mol. The van der Waals surface area contributed by atoms with Crippen LogP contribution in [-0.2, 0) is 13.1 Å². The lowest BCUT2D eigenvalue weighted by Crippen LogP contribution is -2.31. The number of Topliss-reactive ketones (excluding diaryl/α,β-unsaturated/α-hetero) is 1. The van der Waals surface area contributed by atoms with Gasteiger partial charge in [-0.1, -0.05) is 6.07 Å². The van der Waals surface area contributed by atoms with Gasteiger partial charge in [0.2, 0.25) is 0 Å². The summed E-state index contributed by atoms with van der Waals surface area (Å²) in [6, 6.07) is 4.88. The Morgan fingerprint density at radius 2 is 2.08 bits per heavy atom. The van der Waals surface area contributed by atoms with Crippen LogP contribution in [0.15, 0.2) is 30.6 Å². The second-order valence-corrected chi connectivity index (χ2v) is 6.51. The molecular weight excluding hydrogens is 319 g/mol. The van der Waals surface area contributed by atoms with Gasteiger partial charge >= 0.3 is 0 Å². The second kappa shape index (κ2) is 7.78. The Morgan fingerprint density at radius 1 is 1.24 bits per heavy atom. The van der Waals surface area contributed by atoms with Crippen molar-refractivity contribution in [3.05, 3.63) is 47.5 Å². The summed E-state index contributed by atoms with van der Waals surface area (Å²) in [6.07, 6.45) is 4.99. The third kappa shape index (κ3) is 4.07. The number of benzene rings is 1. The standard InChI is InChI=1S/C19H25FN4O/c1-3-24-14-16(12-21-24)13-22-8-5-9-23(11-10-22)18-7-4-6-17(20)19(18)15(2)25/h4,6-7,12,14H,3,5,8-11,13H2,1-2H3. The van der Waals surface area contributed by atoms with Gasteiger partial charge in [0.05, 0.1) is 17.4 Å². The van der Waals surface area contributed by atoms with Gasteiger partial charge in [0.25, 0.3) is 0 Å². The predicted molar refractivity (Wildman–Crippen MR) is 96.4 cm³/mol. The minimum atomic E-state index is -0.432. The van der Waals surface area contributed by atoms with Crippen molar-refractivity contribution in [1.82, 2.24) is 14.7 Å². The largest absolute Gasteiger partial charge is 0.370 e. The zero-order valence-corrected chi connectivity index (χ0v) is 14.9. The minimum absolute atomic E-state index is 0.208. The van der Waals surface area contributed by atoms with Gasteiger partial charge in [0, 0.05) is 51.0 Å². The number of anilines is 1. The normalized spacial score (nSPS) is 16.0. The molecule has 6 heteroatoms. The number of nitrogens with zero attached hydrogens (tertiary/aromatic N) is 4. The number of halogens is 1. The number of hydrogen-bond donors (Lipinski definition) is 0. The van der Waals surface area contributed by atoms with E-state index >= 15 is 0 Å². The van der Waals surface area contributed by atoms with Crippen molar-refractivity contribution in [3.63, 3.8) is 0 Å². The molecule has 5 nitrogen and oxygen atoms in total. The molecule has 0 bridgehead atoms. The monoisotopic (exact) mass is 344 g/mol. The Morgan fingerprint density at radius 3 is 2.80 bits per heavy atom. The molecule has 1 aliphatic heterocycles. The van der Waals surface area contributed by atoms with E-state index in [-0.39, 0.29) is 11.3 Å². The van der Waals surface area contributed by atoms with E-state index in [1.165, 1.54) is 18.6 Å². The van der Waals surface area contributed by atoms with Crippen molar-refractivity contribution in [2.24, 2.45) is 0 Å². The van der Waals surface area contributed by atoms with Crippen LogP contribution >= 0.6 is 0 Å². The van der Waals surface area contributed by atoms with Gasteiger partial charge in [-0.2, -0.15) is 5.10 Å². The number of carbonyl (C=O) groups excluding carboxylic acids is 1. The van der Waals surface area contributed by atoms with Gasteiger partial charge in [-0.05, 0) is 32.4 Å². The molecule has 0 N–H and O–H groups in total. The van der Waals surface area contributed by atoms with Gasteiger partial charge in [-0.25, -0.2) is 4.39 Å². The Bertz CT molecular complexity index is 743. The summed E-state index contributed by atoms with van der Waals surface area (Å²) in [5.41, 5.74) is 2.14. The van der Waals surface area contributed by atoms with Gasteiger partial charge in [-0.3, -0.25) is 14.4 Å². The van der Waals surface area contributed by atoms with Gasteiger partial charge < -0.3 is 4.90 Å². The van der Waals surface area contributed by atoms with E-state index in [9.17, 15) is 9.18 Å². The molecule has 0 saturated carbocycles. The highest BCUT2D eigenvalue weighted by molar-refractivity contribution is 6.00. The molecule has 0 amide bonds. The van der Waals surface area contributed by atoms with Crippen LogP contribution in [0.4, 0.5) is 10.1 Å².